The molecule has 1 saturated heterocycles. The number of alkyl carbamates (subject to hydrolysis) is 1. The minimum absolute atomic E-state index is 0.309. The monoisotopic (exact) mass is 349 g/mol. The first-order valence-electron chi connectivity index (χ1n) is 7.57. The summed E-state index contributed by atoms with van der Waals surface area (Å²) in [6, 6.07) is 5.07. The lowest BCUT2D eigenvalue weighted by molar-refractivity contribution is 0.0508. The van der Waals surface area contributed by atoms with E-state index in [2.05, 4.69) is 18.5 Å². The van der Waals surface area contributed by atoms with E-state index in [1.807, 2.05) is 39.8 Å². The van der Waals surface area contributed by atoms with Crippen LogP contribution in [0, 0.1) is 0 Å². The van der Waals surface area contributed by atoms with Gasteiger partial charge >= 0.3 is 13.2 Å². The topological polar surface area (TPSA) is 56.8 Å². The Kier molecular flexibility index (Phi) is 5.18. The van der Waals surface area contributed by atoms with E-state index in [-0.39, 0.29) is 6.04 Å². The summed E-state index contributed by atoms with van der Waals surface area (Å²) in [5, 5.41) is 3.25. The quantitative estimate of drug-likeness (QED) is 0.846. The summed E-state index contributed by atoms with van der Waals surface area (Å²) in [5.74, 6) is 0.806. The minimum atomic E-state index is -0.606. The molecule has 7 heteroatoms. The minimum Gasteiger partial charge on any atom is -0.520 e. The van der Waals surface area contributed by atoms with Crippen LogP contribution in [-0.2, 0) is 14.0 Å². The van der Waals surface area contributed by atoms with Crippen molar-refractivity contribution in [1.82, 2.24) is 5.32 Å². The smallest absolute Gasteiger partial charge is 0.520 e. The normalized spacial score (nSPS) is 15.6. The molecule has 0 radical (unpaired) electrons. The van der Waals surface area contributed by atoms with Crippen LogP contribution in [0.15, 0.2) is 42.9 Å². The van der Waals surface area contributed by atoms with Crippen LogP contribution in [0.4, 0.5) is 4.79 Å². The number of halogens is 1. The van der Waals surface area contributed by atoms with Gasteiger partial charge in [0.25, 0.3) is 0 Å². The number of amides is 1. The molecule has 1 heterocycles. The molecule has 0 aromatic heterocycles. The second-order valence-corrected chi connectivity index (χ2v) is 6.97. The molecule has 1 aliphatic heterocycles. The number of benzene rings is 1. The van der Waals surface area contributed by atoms with Gasteiger partial charge in [0, 0.05) is 10.5 Å². The van der Waals surface area contributed by atoms with E-state index in [1.54, 1.807) is 6.07 Å². The summed E-state index contributed by atoms with van der Waals surface area (Å²) in [6.07, 6.45) is -0.495. The van der Waals surface area contributed by atoms with Gasteiger partial charge in [-0.15, -0.1) is 0 Å². The van der Waals surface area contributed by atoms with Crippen LogP contribution in [0.1, 0.15) is 39.3 Å². The van der Waals surface area contributed by atoms with Crippen LogP contribution in [-0.4, -0.2) is 18.8 Å². The van der Waals surface area contributed by atoms with Gasteiger partial charge in [-0.1, -0.05) is 36.9 Å². The Morgan fingerprint density at radius 3 is 2.38 bits per heavy atom. The summed E-state index contributed by atoms with van der Waals surface area (Å²) < 4.78 is 16.2. The van der Waals surface area contributed by atoms with Crippen molar-refractivity contribution in [1.29, 1.82) is 0 Å². The van der Waals surface area contributed by atoms with Gasteiger partial charge in [-0.05, 0) is 39.3 Å². The van der Waals surface area contributed by atoms with E-state index >= 15 is 0 Å². The second kappa shape index (κ2) is 6.81. The Bertz CT molecular complexity index is 668. The maximum Gasteiger partial charge on any atom is 0.632 e. The maximum atomic E-state index is 11.9. The van der Waals surface area contributed by atoms with Crippen molar-refractivity contribution < 1.29 is 18.8 Å². The van der Waals surface area contributed by atoms with Crippen molar-refractivity contribution in [3.05, 3.63) is 53.5 Å². The first kappa shape index (κ1) is 18.3. The summed E-state index contributed by atoms with van der Waals surface area (Å²) in [6.45, 7) is 14.7. The Morgan fingerprint density at radius 2 is 1.88 bits per heavy atom. The highest BCUT2D eigenvalue weighted by Crippen LogP contribution is 2.25. The van der Waals surface area contributed by atoms with Crippen molar-refractivity contribution in [2.24, 2.45) is 0 Å². The molecule has 2 rings (SSSR count). The molecular weight excluding hydrogens is 328 g/mol. The van der Waals surface area contributed by atoms with Crippen LogP contribution >= 0.6 is 11.6 Å². The van der Waals surface area contributed by atoms with E-state index < -0.39 is 18.8 Å². The van der Waals surface area contributed by atoms with Crippen LogP contribution in [0.2, 0.25) is 5.02 Å². The number of hydrogen-bond donors (Lipinski definition) is 1. The summed E-state index contributed by atoms with van der Waals surface area (Å²) in [5.41, 5.74) is 0.953. The van der Waals surface area contributed by atoms with Gasteiger partial charge in [-0.25, -0.2) is 4.79 Å². The van der Waals surface area contributed by atoms with Gasteiger partial charge in [0.1, 0.15) is 17.1 Å². The van der Waals surface area contributed by atoms with Gasteiger partial charge in [-0.3, -0.25) is 0 Å². The Morgan fingerprint density at radius 1 is 1.29 bits per heavy atom. The molecule has 128 valence electrons. The molecule has 0 aliphatic carbocycles. The molecule has 1 aromatic rings. The fraction of sp³-hybridized carbons (Fsp3) is 0.353. The average Bonchev–Trinajstić information content (AvgIpc) is 2.76. The van der Waals surface area contributed by atoms with Crippen molar-refractivity contribution in [2.45, 2.75) is 39.3 Å². The predicted octanol–water partition coefficient (Wildman–Crippen LogP) is 3.70. The summed E-state index contributed by atoms with van der Waals surface area (Å²) in [4.78, 5) is 11.9. The number of carbonyl (C=O) groups is 1. The van der Waals surface area contributed by atoms with Crippen molar-refractivity contribution in [3.63, 3.8) is 0 Å². The molecule has 1 fully saturated rings. The van der Waals surface area contributed by atoms with Crippen LogP contribution < -0.4 is 10.8 Å². The number of rotatable bonds is 3. The Hall–Kier alpha value is -2.08. The molecule has 1 amide bonds. The number of hydrogen-bond acceptors (Lipinski definition) is 4. The van der Waals surface area contributed by atoms with E-state index in [0.717, 1.165) is 11.0 Å². The van der Waals surface area contributed by atoms with Gasteiger partial charge in [0.05, 0.1) is 6.04 Å². The predicted molar refractivity (Wildman–Crippen MR) is 95.1 cm³/mol. The molecule has 1 aliphatic rings. The van der Waals surface area contributed by atoms with E-state index in [1.165, 1.54) is 0 Å². The van der Waals surface area contributed by atoms with Crippen molar-refractivity contribution in [2.75, 3.05) is 0 Å². The van der Waals surface area contributed by atoms with Crippen molar-refractivity contribution >= 4 is 30.3 Å². The molecule has 0 spiro atoms. The summed E-state index contributed by atoms with van der Waals surface area (Å²) in [7, 11) is -0.606. The number of carbonyl (C=O) groups excluding carboxylic acids is 1. The Balaban J connectivity index is 2.08. The largest absolute Gasteiger partial charge is 0.632 e. The van der Waals surface area contributed by atoms with Gasteiger partial charge in [0.2, 0.25) is 0 Å². The molecule has 0 saturated carbocycles. The van der Waals surface area contributed by atoms with E-state index in [0.29, 0.717) is 16.5 Å². The third-order valence-electron chi connectivity index (χ3n) is 3.31. The first-order valence-corrected chi connectivity index (χ1v) is 7.95. The molecule has 24 heavy (non-hydrogen) atoms. The Labute approximate surface area is 147 Å². The lowest BCUT2D eigenvalue weighted by Crippen LogP contribution is -2.35. The van der Waals surface area contributed by atoms with Crippen LogP contribution in [0.5, 0.6) is 0 Å². The second-order valence-electron chi connectivity index (χ2n) is 6.56. The lowest BCUT2D eigenvalue weighted by Gasteiger charge is -2.22. The van der Waals surface area contributed by atoms with Gasteiger partial charge in [0.15, 0.2) is 0 Å². The van der Waals surface area contributed by atoms with Crippen molar-refractivity contribution in [3.8, 4) is 0 Å². The zero-order valence-corrected chi connectivity index (χ0v) is 15.1. The molecule has 1 unspecified atom stereocenters. The lowest BCUT2D eigenvalue weighted by atomic mass is 9.79. The van der Waals surface area contributed by atoms with Crippen LogP contribution in [0.25, 0.3) is 0 Å². The first-order chi connectivity index (χ1) is 11.1. The van der Waals surface area contributed by atoms with Gasteiger partial charge < -0.3 is 19.4 Å². The zero-order chi connectivity index (χ0) is 18.1. The fourth-order valence-electron chi connectivity index (χ4n) is 2.15. The maximum absolute atomic E-state index is 11.9. The molecule has 5 nitrogen and oxygen atoms in total. The fourth-order valence-corrected chi connectivity index (χ4v) is 2.51. The SMILES string of the molecule is C=C1OB(c2ccc(C(C)NC(=O)OC(C)(C)C)c(Cl)c2)OC1=C. The van der Waals surface area contributed by atoms with E-state index in [4.69, 9.17) is 25.6 Å². The highest BCUT2D eigenvalue weighted by Gasteiger charge is 2.35. The standard InChI is InChI=1S/C17H21BClNO4/c1-10(20-16(21)22-17(4,5)6)14-8-7-13(9-15(14)19)18-23-11(2)12(3)24-18/h7-10H,2-3H2,1,4-6H3,(H,20,21). The third-order valence-corrected chi connectivity index (χ3v) is 3.63. The van der Waals surface area contributed by atoms with Crippen LogP contribution in [0.3, 0.4) is 0 Å². The average molecular weight is 350 g/mol. The van der Waals surface area contributed by atoms with E-state index in [9.17, 15) is 4.79 Å². The molecule has 1 atom stereocenters. The number of nitrogens with one attached hydrogen (secondary N) is 1. The molecule has 0 bridgehead atoms. The third kappa shape index (κ3) is 4.48. The number of ether oxygens (including phenoxy) is 1. The zero-order valence-electron chi connectivity index (χ0n) is 14.3. The molecule has 1 N–H and O–H groups in total. The molecule has 1 aromatic carbocycles. The van der Waals surface area contributed by atoms with Gasteiger partial charge in [-0.2, -0.15) is 0 Å². The molecular formula is C17H21BClNO4. The summed E-state index contributed by atoms with van der Waals surface area (Å²) >= 11 is 6.34. The highest BCUT2D eigenvalue weighted by molar-refractivity contribution is 6.63. The highest BCUT2D eigenvalue weighted by atomic mass is 35.5.